The summed E-state index contributed by atoms with van der Waals surface area (Å²) in [6.45, 7) is 2.19. The van der Waals surface area contributed by atoms with Gasteiger partial charge in [-0.3, -0.25) is 4.79 Å². The third-order valence-corrected chi connectivity index (χ3v) is 5.17. The van der Waals surface area contributed by atoms with Gasteiger partial charge >= 0.3 is 0 Å². The Balaban J connectivity index is 2.08. The number of hydrogen-bond acceptors (Lipinski definition) is 3. The first-order valence-electron chi connectivity index (χ1n) is 7.20. The molecule has 2 nitrogen and oxygen atoms in total. The van der Waals surface area contributed by atoms with Crippen LogP contribution in [-0.2, 0) is 18.1 Å². The molecule has 1 aliphatic heterocycles. The van der Waals surface area contributed by atoms with Gasteiger partial charge in [0.2, 0.25) is 0 Å². The lowest BCUT2D eigenvalue weighted by Crippen LogP contribution is -2.15. The Morgan fingerprint density at radius 3 is 3.00 bits per heavy atom. The van der Waals surface area contributed by atoms with E-state index < -0.39 is 0 Å². The summed E-state index contributed by atoms with van der Waals surface area (Å²) in [4.78, 5) is 13.5. The molecule has 0 aliphatic carbocycles. The zero-order valence-corrected chi connectivity index (χ0v) is 13.5. The molecule has 21 heavy (non-hydrogen) atoms. The van der Waals surface area contributed by atoms with Gasteiger partial charge in [0, 0.05) is 21.8 Å². The van der Waals surface area contributed by atoms with E-state index in [0.717, 1.165) is 23.3 Å². The third-order valence-electron chi connectivity index (χ3n) is 3.78. The van der Waals surface area contributed by atoms with E-state index in [1.165, 1.54) is 29.6 Å². The molecule has 0 radical (unpaired) electrons. The number of aryl methyl sites for hydroxylation is 1. The van der Waals surface area contributed by atoms with Crippen LogP contribution in [0.25, 0.3) is 11.3 Å². The SMILES string of the molecule is CCCCc1ccc2c(c1)-c1occ(CCl)c(=O)c1CS2. The molecule has 110 valence electrons. The van der Waals surface area contributed by atoms with Gasteiger partial charge in [0.25, 0.3) is 0 Å². The van der Waals surface area contributed by atoms with Gasteiger partial charge in [-0.1, -0.05) is 19.4 Å². The number of unbranched alkanes of at least 4 members (excludes halogenated alkanes) is 1. The summed E-state index contributed by atoms with van der Waals surface area (Å²) in [5.41, 5.74) is 3.67. The Bertz CT molecular complexity index is 721. The van der Waals surface area contributed by atoms with Gasteiger partial charge in [0.1, 0.15) is 5.76 Å². The second-order valence-electron chi connectivity index (χ2n) is 5.25. The van der Waals surface area contributed by atoms with E-state index in [2.05, 4.69) is 25.1 Å². The minimum Gasteiger partial charge on any atom is -0.463 e. The van der Waals surface area contributed by atoms with Crippen molar-refractivity contribution in [2.75, 3.05) is 0 Å². The first-order chi connectivity index (χ1) is 10.2. The summed E-state index contributed by atoms with van der Waals surface area (Å²) < 4.78 is 5.74. The van der Waals surface area contributed by atoms with Gasteiger partial charge in [0.15, 0.2) is 5.43 Å². The largest absolute Gasteiger partial charge is 0.463 e. The topological polar surface area (TPSA) is 30.2 Å². The summed E-state index contributed by atoms with van der Waals surface area (Å²) >= 11 is 7.48. The maximum atomic E-state index is 12.4. The summed E-state index contributed by atoms with van der Waals surface area (Å²) in [5.74, 6) is 1.58. The minimum atomic E-state index is 0.0309. The molecular weight excluding hydrogens is 304 g/mol. The fourth-order valence-corrected chi connectivity index (χ4v) is 3.79. The van der Waals surface area contributed by atoms with Crippen molar-refractivity contribution >= 4 is 23.4 Å². The van der Waals surface area contributed by atoms with Crippen LogP contribution >= 0.6 is 23.4 Å². The van der Waals surface area contributed by atoms with Crippen LogP contribution in [0.1, 0.15) is 36.5 Å². The van der Waals surface area contributed by atoms with Crippen molar-refractivity contribution in [2.24, 2.45) is 0 Å². The Labute approximate surface area is 133 Å². The molecule has 0 spiro atoms. The first-order valence-corrected chi connectivity index (χ1v) is 8.72. The number of fused-ring (bicyclic) bond motifs is 3. The van der Waals surface area contributed by atoms with Crippen molar-refractivity contribution < 1.29 is 4.42 Å². The van der Waals surface area contributed by atoms with E-state index in [1.54, 1.807) is 11.8 Å². The van der Waals surface area contributed by atoms with Crippen LogP contribution in [0, 0.1) is 0 Å². The van der Waals surface area contributed by atoms with Gasteiger partial charge in [-0.2, -0.15) is 0 Å². The molecule has 2 heterocycles. The van der Waals surface area contributed by atoms with Crippen molar-refractivity contribution in [2.45, 2.75) is 42.7 Å². The zero-order chi connectivity index (χ0) is 14.8. The van der Waals surface area contributed by atoms with Gasteiger partial charge in [-0.25, -0.2) is 0 Å². The fourth-order valence-electron chi connectivity index (χ4n) is 2.57. The van der Waals surface area contributed by atoms with E-state index in [-0.39, 0.29) is 11.3 Å². The van der Waals surface area contributed by atoms with Crippen LogP contribution in [0.5, 0.6) is 0 Å². The monoisotopic (exact) mass is 320 g/mol. The molecule has 1 aromatic carbocycles. The Kier molecular flexibility index (Phi) is 4.41. The fraction of sp³-hybridized carbons (Fsp3) is 0.353. The third kappa shape index (κ3) is 2.77. The van der Waals surface area contributed by atoms with Crippen molar-refractivity contribution in [3.63, 3.8) is 0 Å². The van der Waals surface area contributed by atoms with Crippen LogP contribution in [0.15, 0.2) is 38.6 Å². The Morgan fingerprint density at radius 2 is 2.24 bits per heavy atom. The summed E-state index contributed by atoms with van der Waals surface area (Å²) in [6, 6.07) is 6.49. The lowest BCUT2D eigenvalue weighted by molar-refractivity contribution is 0.551. The maximum Gasteiger partial charge on any atom is 0.193 e. The van der Waals surface area contributed by atoms with Gasteiger partial charge in [-0.05, 0) is 30.5 Å². The van der Waals surface area contributed by atoms with Crippen molar-refractivity contribution in [3.8, 4) is 11.3 Å². The predicted octanol–water partition coefficient (Wildman–Crippen LogP) is 4.99. The number of halogens is 1. The zero-order valence-electron chi connectivity index (χ0n) is 11.9. The highest BCUT2D eigenvalue weighted by Gasteiger charge is 2.23. The normalized spacial score (nSPS) is 12.9. The molecule has 0 atom stereocenters. The second kappa shape index (κ2) is 6.29. The molecule has 0 saturated carbocycles. The number of benzene rings is 1. The van der Waals surface area contributed by atoms with Crippen LogP contribution in [0.4, 0.5) is 0 Å². The molecule has 2 aromatic rings. The highest BCUT2D eigenvalue weighted by molar-refractivity contribution is 7.98. The molecule has 0 saturated heterocycles. The molecule has 0 N–H and O–H groups in total. The van der Waals surface area contributed by atoms with Crippen LogP contribution in [0.3, 0.4) is 0 Å². The van der Waals surface area contributed by atoms with Gasteiger partial charge in [-0.15, -0.1) is 23.4 Å². The molecule has 1 aromatic heterocycles. The van der Waals surface area contributed by atoms with E-state index in [4.69, 9.17) is 16.0 Å². The van der Waals surface area contributed by atoms with Crippen molar-refractivity contribution in [1.82, 2.24) is 0 Å². The van der Waals surface area contributed by atoms with E-state index in [1.807, 2.05) is 0 Å². The molecule has 0 fully saturated rings. The van der Waals surface area contributed by atoms with E-state index in [0.29, 0.717) is 11.3 Å². The average molecular weight is 321 g/mol. The van der Waals surface area contributed by atoms with Crippen LogP contribution < -0.4 is 5.43 Å². The maximum absolute atomic E-state index is 12.4. The minimum absolute atomic E-state index is 0.0309. The predicted molar refractivity (Wildman–Crippen MR) is 88.1 cm³/mol. The highest BCUT2D eigenvalue weighted by atomic mass is 35.5. The lowest BCUT2D eigenvalue weighted by atomic mass is 10.0. The van der Waals surface area contributed by atoms with Crippen LogP contribution in [0.2, 0.25) is 0 Å². The number of thioether (sulfide) groups is 1. The lowest BCUT2D eigenvalue weighted by Gasteiger charge is -2.18. The number of rotatable bonds is 4. The van der Waals surface area contributed by atoms with Crippen molar-refractivity contribution in [1.29, 1.82) is 0 Å². The van der Waals surface area contributed by atoms with E-state index in [9.17, 15) is 4.79 Å². The Morgan fingerprint density at radius 1 is 1.38 bits per heavy atom. The highest BCUT2D eigenvalue weighted by Crippen LogP contribution is 2.41. The van der Waals surface area contributed by atoms with Gasteiger partial charge < -0.3 is 4.42 Å². The number of hydrogen-bond donors (Lipinski definition) is 0. The molecule has 0 amide bonds. The molecule has 0 unspecified atom stereocenters. The summed E-state index contributed by atoms with van der Waals surface area (Å²) in [7, 11) is 0. The molecule has 4 heteroatoms. The van der Waals surface area contributed by atoms with Crippen LogP contribution in [-0.4, -0.2) is 0 Å². The molecule has 1 aliphatic rings. The molecule has 3 rings (SSSR count). The standard InChI is InChI=1S/C17H17ClO2S/c1-2-3-4-11-5-6-15-13(7-11)17-14(10-21-15)16(19)12(8-18)9-20-17/h5-7,9H,2-4,8,10H2,1H3. The smallest absolute Gasteiger partial charge is 0.193 e. The Hall–Kier alpha value is -1.19. The second-order valence-corrected chi connectivity index (χ2v) is 6.54. The summed E-state index contributed by atoms with van der Waals surface area (Å²) in [6.07, 6.45) is 4.92. The number of alkyl halides is 1. The first kappa shape index (κ1) is 14.7. The van der Waals surface area contributed by atoms with Crippen molar-refractivity contribution in [3.05, 3.63) is 51.4 Å². The average Bonchev–Trinajstić information content (AvgIpc) is 2.53. The summed E-state index contributed by atoms with van der Waals surface area (Å²) in [5, 5.41) is 0. The van der Waals surface area contributed by atoms with E-state index >= 15 is 0 Å². The molecule has 0 bridgehead atoms. The quantitative estimate of drug-likeness (QED) is 0.743. The van der Waals surface area contributed by atoms with Gasteiger partial charge in [0.05, 0.1) is 17.7 Å². The molecular formula is C17H17ClO2S.